The summed E-state index contributed by atoms with van der Waals surface area (Å²) in [7, 11) is 0. The highest BCUT2D eigenvalue weighted by Crippen LogP contribution is 2.33. The molecule has 23 nitrogen and oxygen atoms in total. The van der Waals surface area contributed by atoms with Crippen LogP contribution in [-0.2, 0) is 47.4 Å². The number of carbonyl (C=O) groups excluding carboxylic acids is 1. The Balaban J connectivity index is 1.41. The van der Waals surface area contributed by atoms with Gasteiger partial charge < -0.3 is 109 Å². The van der Waals surface area contributed by atoms with E-state index in [-0.39, 0.29) is 12.8 Å². The number of hydrogen-bond donors (Lipinski definition) is 13. The van der Waals surface area contributed by atoms with Crippen molar-refractivity contribution in [3.05, 3.63) is 48.6 Å². The second-order valence-corrected chi connectivity index (χ2v) is 18.0. The van der Waals surface area contributed by atoms with Crippen molar-refractivity contribution in [1.29, 1.82) is 0 Å². The maximum atomic E-state index is 13.0. The van der Waals surface area contributed by atoms with Crippen LogP contribution in [0.15, 0.2) is 48.6 Å². The highest BCUT2D eigenvalue weighted by atomic mass is 16.8. The van der Waals surface area contributed by atoms with Gasteiger partial charge in [-0.15, -0.1) is 0 Å². The Bertz CT molecular complexity index is 1600. The molecular formula is C48H80O23. The molecule has 4 heterocycles. The Labute approximate surface area is 414 Å². The molecule has 4 rings (SSSR count). The van der Waals surface area contributed by atoms with Gasteiger partial charge >= 0.3 is 5.97 Å². The smallest absolute Gasteiger partial charge is 0.305 e. The van der Waals surface area contributed by atoms with Crippen LogP contribution in [0.4, 0.5) is 0 Å². The van der Waals surface area contributed by atoms with Gasteiger partial charge in [0.2, 0.25) is 0 Å². The number of esters is 1. The third-order valence-corrected chi connectivity index (χ3v) is 12.6. The standard InChI is InChI=1S/C48H80O23/c1-3-5-6-7-8-9-10-11-12-13-14-15-16-17-18-19-20-21-32(52)63-25-27(65-48-42(62)44(36(56)31(24-51)69-48)71-47-40(60)38(58)34(54)29(22-49)68-47)26-64-45-41(61)43(35(55)30(23-50)67-45)70-46-39(59)37(57)33(53)28(4-2)66-46/h8-9,11-12,14-15,17-18,27-31,33-51,53-62H,3-7,10,13,16,19-26H2,1-2H3/b9-8-,12-11-,15-14-,18-17-/t27?,28-,29-,30-,31-,33-,34-,35-,36-,37+,38+,39-,40-,41-,42-,43+,44+,45-,46+,47+,48-/m1/s1. The summed E-state index contributed by atoms with van der Waals surface area (Å²) in [5, 5.41) is 137. The maximum absolute atomic E-state index is 13.0. The second kappa shape index (κ2) is 32.1. The maximum Gasteiger partial charge on any atom is 0.305 e. The fourth-order valence-corrected chi connectivity index (χ4v) is 8.24. The van der Waals surface area contributed by atoms with Crippen molar-refractivity contribution in [2.75, 3.05) is 33.0 Å². The summed E-state index contributed by atoms with van der Waals surface area (Å²) in [6.45, 7) is 0.0403. The van der Waals surface area contributed by atoms with Crippen molar-refractivity contribution in [2.45, 2.75) is 213 Å². The molecule has 4 fully saturated rings. The van der Waals surface area contributed by atoms with Crippen LogP contribution in [0.25, 0.3) is 0 Å². The van der Waals surface area contributed by atoms with Crippen LogP contribution in [0.3, 0.4) is 0 Å². The SMILES string of the molecule is CCCCC/C=C\C/C=C\C/C=C\C/C=C\CCCC(=O)OCC(CO[C@@H]1O[C@H](CO)[C@@H](O)[C@H](O[C@@H]2O[C@H](CC)[C@@H](O)[C@H](O)[C@H]2O)[C@H]1O)O[C@@H]1O[C@H](CO)[C@@H](O)[C@H](O[C@@H]2O[C@H](CO)[C@@H](O)[C@H](O)[C@H]2O)[C@H]1O. The molecule has 0 spiro atoms. The van der Waals surface area contributed by atoms with Gasteiger partial charge in [-0.05, 0) is 51.4 Å². The van der Waals surface area contributed by atoms with E-state index in [1.807, 2.05) is 18.2 Å². The predicted octanol–water partition coefficient (Wildman–Crippen LogP) is -2.26. The van der Waals surface area contributed by atoms with E-state index in [9.17, 15) is 71.2 Å². The van der Waals surface area contributed by atoms with Gasteiger partial charge in [-0.2, -0.15) is 0 Å². The Morgan fingerprint density at radius 1 is 0.479 bits per heavy atom. The molecule has 0 aliphatic carbocycles. The molecule has 13 N–H and O–H groups in total. The molecule has 410 valence electrons. The molecule has 4 saturated heterocycles. The van der Waals surface area contributed by atoms with Crippen molar-refractivity contribution in [1.82, 2.24) is 0 Å². The van der Waals surface area contributed by atoms with Gasteiger partial charge in [0.05, 0.1) is 32.5 Å². The largest absolute Gasteiger partial charge is 0.463 e. The van der Waals surface area contributed by atoms with E-state index < -0.39 is 168 Å². The molecule has 0 saturated carbocycles. The minimum Gasteiger partial charge on any atom is -0.463 e. The summed E-state index contributed by atoms with van der Waals surface area (Å²) in [5.41, 5.74) is 0. The molecule has 0 amide bonds. The minimum atomic E-state index is -1.99. The number of rotatable bonds is 29. The van der Waals surface area contributed by atoms with Crippen LogP contribution in [0, 0.1) is 0 Å². The van der Waals surface area contributed by atoms with Crippen LogP contribution in [-0.4, -0.2) is 234 Å². The zero-order valence-electron chi connectivity index (χ0n) is 40.5. The van der Waals surface area contributed by atoms with Crippen molar-refractivity contribution < 1.29 is 114 Å². The van der Waals surface area contributed by atoms with E-state index >= 15 is 0 Å². The van der Waals surface area contributed by atoms with Crippen molar-refractivity contribution >= 4 is 5.97 Å². The summed E-state index contributed by atoms with van der Waals surface area (Å²) in [5.74, 6) is -0.665. The number of aliphatic hydroxyl groups is 13. The molecule has 0 aromatic heterocycles. The van der Waals surface area contributed by atoms with E-state index in [0.29, 0.717) is 19.3 Å². The molecule has 0 bridgehead atoms. The lowest BCUT2D eigenvalue weighted by molar-refractivity contribution is -0.371. The van der Waals surface area contributed by atoms with Gasteiger partial charge in [-0.1, -0.05) is 75.3 Å². The van der Waals surface area contributed by atoms with Crippen LogP contribution in [0.2, 0.25) is 0 Å². The summed E-state index contributed by atoms with van der Waals surface area (Å²) in [6.07, 6.45) is -10.6. The molecule has 0 aromatic rings. The Kier molecular flexibility index (Phi) is 27.7. The monoisotopic (exact) mass is 1020 g/mol. The topological polar surface area (TPSA) is 363 Å². The predicted molar refractivity (Wildman–Crippen MR) is 246 cm³/mol. The van der Waals surface area contributed by atoms with Gasteiger partial charge in [0.15, 0.2) is 25.2 Å². The molecule has 0 aromatic carbocycles. The van der Waals surface area contributed by atoms with Gasteiger partial charge in [-0.25, -0.2) is 0 Å². The Hall–Kier alpha value is -2.41. The Morgan fingerprint density at radius 3 is 1.42 bits per heavy atom. The number of unbranched alkanes of at least 4 members (excludes halogenated alkanes) is 4. The van der Waals surface area contributed by atoms with E-state index in [2.05, 4.69) is 37.3 Å². The quantitative estimate of drug-likeness (QED) is 0.0214. The van der Waals surface area contributed by atoms with Gasteiger partial charge in [0.25, 0.3) is 0 Å². The van der Waals surface area contributed by atoms with Gasteiger partial charge in [-0.3, -0.25) is 4.79 Å². The third kappa shape index (κ3) is 18.1. The average molecular weight is 1030 g/mol. The van der Waals surface area contributed by atoms with E-state index in [0.717, 1.165) is 19.3 Å². The molecule has 23 heteroatoms. The van der Waals surface area contributed by atoms with Crippen molar-refractivity contribution in [2.24, 2.45) is 0 Å². The highest BCUT2D eigenvalue weighted by Gasteiger charge is 2.53. The number of allylic oxidation sites excluding steroid dienone is 8. The number of carbonyl (C=O) groups is 1. The first-order valence-electron chi connectivity index (χ1n) is 24.7. The molecule has 21 atom stereocenters. The normalized spacial score (nSPS) is 38.7. The lowest BCUT2D eigenvalue weighted by atomic mass is 9.96. The highest BCUT2D eigenvalue weighted by molar-refractivity contribution is 5.69. The first-order chi connectivity index (χ1) is 34.1. The zero-order valence-corrected chi connectivity index (χ0v) is 40.5. The summed E-state index contributed by atoms with van der Waals surface area (Å²) >= 11 is 0. The average Bonchev–Trinajstić information content (AvgIpc) is 3.36. The van der Waals surface area contributed by atoms with Crippen molar-refractivity contribution in [3.63, 3.8) is 0 Å². The van der Waals surface area contributed by atoms with Crippen molar-refractivity contribution in [3.8, 4) is 0 Å². The lowest BCUT2D eigenvalue weighted by Gasteiger charge is -2.46. The van der Waals surface area contributed by atoms with Crippen LogP contribution < -0.4 is 0 Å². The molecule has 4 aliphatic rings. The van der Waals surface area contributed by atoms with Gasteiger partial charge in [0.1, 0.15) is 104 Å². The summed E-state index contributed by atoms with van der Waals surface area (Å²) < 4.78 is 51.1. The van der Waals surface area contributed by atoms with E-state index in [4.69, 9.17) is 42.6 Å². The summed E-state index contributed by atoms with van der Waals surface area (Å²) in [4.78, 5) is 13.0. The minimum absolute atomic E-state index is 0.0266. The van der Waals surface area contributed by atoms with Crippen LogP contribution in [0.1, 0.15) is 84.5 Å². The molecule has 4 aliphatic heterocycles. The number of hydrogen-bond acceptors (Lipinski definition) is 23. The number of aliphatic hydroxyl groups excluding tert-OH is 13. The van der Waals surface area contributed by atoms with Crippen LogP contribution >= 0.6 is 0 Å². The zero-order chi connectivity index (χ0) is 52.0. The first kappa shape index (κ1) is 61.1. The molecular weight excluding hydrogens is 945 g/mol. The van der Waals surface area contributed by atoms with Gasteiger partial charge in [0, 0.05) is 6.42 Å². The fourth-order valence-electron chi connectivity index (χ4n) is 8.24. The van der Waals surface area contributed by atoms with Crippen LogP contribution in [0.5, 0.6) is 0 Å². The van der Waals surface area contributed by atoms with E-state index in [1.165, 1.54) is 19.3 Å². The second-order valence-electron chi connectivity index (χ2n) is 18.0. The first-order valence-corrected chi connectivity index (χ1v) is 24.7. The Morgan fingerprint density at radius 2 is 0.915 bits per heavy atom. The van der Waals surface area contributed by atoms with E-state index in [1.54, 1.807) is 6.92 Å². The molecule has 0 radical (unpaired) electrons. The lowest BCUT2D eigenvalue weighted by Crippen LogP contribution is -2.65. The molecule has 71 heavy (non-hydrogen) atoms. The fraction of sp³-hybridized carbons (Fsp3) is 0.812. The third-order valence-electron chi connectivity index (χ3n) is 12.6. The summed E-state index contributed by atoms with van der Waals surface area (Å²) in [6, 6.07) is 0. The number of ether oxygens (including phenoxy) is 9. The molecule has 1 unspecified atom stereocenters.